The van der Waals surface area contributed by atoms with Crippen LogP contribution in [0, 0.1) is 10.1 Å². The highest BCUT2D eigenvalue weighted by Gasteiger charge is 2.30. The lowest BCUT2D eigenvalue weighted by Crippen LogP contribution is -2.33. The molecule has 1 aromatic carbocycles. The van der Waals surface area contributed by atoms with E-state index in [2.05, 4.69) is 15.9 Å². The van der Waals surface area contributed by atoms with Gasteiger partial charge in [-0.2, -0.15) is 13.2 Å². The quantitative estimate of drug-likeness (QED) is 0.605. The topological polar surface area (TPSA) is 46.4 Å². The van der Waals surface area contributed by atoms with Crippen LogP contribution in [-0.4, -0.2) is 29.1 Å². The first-order valence-corrected chi connectivity index (χ1v) is 6.24. The third-order valence-corrected chi connectivity index (χ3v) is 3.41. The fraction of sp³-hybridized carbons (Fsp3) is 0.455. The second kappa shape index (κ2) is 6.33. The fourth-order valence-electron chi connectivity index (χ4n) is 1.60. The SMILES string of the molecule is CCN(Cc1cccc([N+](=O)[O-])c1Br)CC(F)(F)F. The van der Waals surface area contributed by atoms with Crippen LogP contribution in [0.1, 0.15) is 12.5 Å². The van der Waals surface area contributed by atoms with Crippen LogP contribution in [0.4, 0.5) is 18.9 Å². The van der Waals surface area contributed by atoms with Gasteiger partial charge in [0.15, 0.2) is 0 Å². The Morgan fingerprint density at radius 2 is 2.05 bits per heavy atom. The van der Waals surface area contributed by atoms with Gasteiger partial charge in [0.25, 0.3) is 5.69 Å². The van der Waals surface area contributed by atoms with Gasteiger partial charge in [-0.3, -0.25) is 15.0 Å². The van der Waals surface area contributed by atoms with Crippen molar-refractivity contribution in [1.82, 2.24) is 4.90 Å². The third kappa shape index (κ3) is 4.79. The molecule has 1 rings (SSSR count). The van der Waals surface area contributed by atoms with Crippen LogP contribution in [0.3, 0.4) is 0 Å². The predicted octanol–water partition coefficient (Wildman–Crippen LogP) is 3.74. The number of halogens is 4. The molecule has 0 heterocycles. The fourth-order valence-corrected chi connectivity index (χ4v) is 2.14. The second-order valence-corrected chi connectivity index (χ2v) is 4.72. The zero-order valence-electron chi connectivity index (χ0n) is 10.1. The minimum atomic E-state index is -4.29. The Morgan fingerprint density at radius 1 is 1.42 bits per heavy atom. The van der Waals surface area contributed by atoms with E-state index >= 15 is 0 Å². The first kappa shape index (κ1) is 15.9. The van der Waals surface area contributed by atoms with Crippen LogP contribution in [0.25, 0.3) is 0 Å². The molecule has 0 aromatic heterocycles. The molecule has 0 atom stereocenters. The van der Waals surface area contributed by atoms with Gasteiger partial charge >= 0.3 is 6.18 Å². The molecule has 0 N–H and O–H groups in total. The van der Waals surface area contributed by atoms with E-state index in [-0.39, 0.29) is 23.2 Å². The van der Waals surface area contributed by atoms with E-state index in [1.165, 1.54) is 17.0 Å². The molecule has 0 aliphatic rings. The molecule has 8 heteroatoms. The van der Waals surface area contributed by atoms with Crippen LogP contribution in [0.2, 0.25) is 0 Å². The molecule has 0 unspecified atom stereocenters. The summed E-state index contributed by atoms with van der Waals surface area (Å²) in [5, 5.41) is 10.7. The van der Waals surface area contributed by atoms with E-state index < -0.39 is 17.6 Å². The molecule has 0 bridgehead atoms. The smallest absolute Gasteiger partial charge is 0.291 e. The predicted molar refractivity (Wildman–Crippen MR) is 67.8 cm³/mol. The van der Waals surface area contributed by atoms with Gasteiger partial charge in [-0.1, -0.05) is 19.1 Å². The summed E-state index contributed by atoms with van der Waals surface area (Å²) in [4.78, 5) is 11.3. The number of nitro benzene ring substituents is 1. The number of hydrogen-bond donors (Lipinski definition) is 0. The van der Waals surface area contributed by atoms with Gasteiger partial charge in [0.1, 0.15) is 0 Å². The Labute approximate surface area is 116 Å². The molecule has 4 nitrogen and oxygen atoms in total. The number of nitro groups is 1. The van der Waals surface area contributed by atoms with Gasteiger partial charge in [-0.25, -0.2) is 0 Å². The van der Waals surface area contributed by atoms with Crippen molar-refractivity contribution in [2.75, 3.05) is 13.1 Å². The lowest BCUT2D eigenvalue weighted by molar-refractivity contribution is -0.385. The first-order valence-electron chi connectivity index (χ1n) is 5.45. The number of rotatable bonds is 5. The van der Waals surface area contributed by atoms with Gasteiger partial charge in [0, 0.05) is 12.6 Å². The number of benzene rings is 1. The van der Waals surface area contributed by atoms with E-state index in [1.807, 2.05) is 0 Å². The second-order valence-electron chi connectivity index (χ2n) is 3.93. The summed E-state index contributed by atoms with van der Waals surface area (Å²) in [5.41, 5.74) is 0.306. The van der Waals surface area contributed by atoms with Crippen molar-refractivity contribution in [3.8, 4) is 0 Å². The van der Waals surface area contributed by atoms with Crippen LogP contribution < -0.4 is 0 Å². The van der Waals surface area contributed by atoms with E-state index in [0.717, 1.165) is 0 Å². The average molecular weight is 341 g/mol. The standard InChI is InChI=1S/C11H12BrF3N2O2/c1-2-16(7-11(13,14)15)6-8-4-3-5-9(10(8)12)17(18)19/h3-5H,2,6-7H2,1H3. The maximum atomic E-state index is 12.3. The number of alkyl halides is 3. The van der Waals surface area contributed by atoms with Gasteiger partial charge in [-0.15, -0.1) is 0 Å². The van der Waals surface area contributed by atoms with Crippen molar-refractivity contribution in [2.45, 2.75) is 19.6 Å². The van der Waals surface area contributed by atoms with E-state index in [1.54, 1.807) is 13.0 Å². The van der Waals surface area contributed by atoms with Gasteiger partial charge < -0.3 is 0 Å². The van der Waals surface area contributed by atoms with Crippen molar-refractivity contribution >= 4 is 21.6 Å². The highest BCUT2D eigenvalue weighted by molar-refractivity contribution is 9.10. The largest absolute Gasteiger partial charge is 0.401 e. The van der Waals surface area contributed by atoms with Gasteiger partial charge in [0.2, 0.25) is 0 Å². The van der Waals surface area contributed by atoms with Crippen molar-refractivity contribution in [3.63, 3.8) is 0 Å². The van der Waals surface area contributed by atoms with Gasteiger partial charge in [0.05, 0.1) is 15.9 Å². The van der Waals surface area contributed by atoms with Crippen molar-refractivity contribution in [1.29, 1.82) is 0 Å². The zero-order chi connectivity index (χ0) is 14.6. The average Bonchev–Trinajstić information content (AvgIpc) is 2.28. The Balaban J connectivity index is 2.92. The monoisotopic (exact) mass is 340 g/mol. The number of hydrogen-bond acceptors (Lipinski definition) is 3. The summed E-state index contributed by atoms with van der Waals surface area (Å²) in [7, 11) is 0. The molecular formula is C11H12BrF3N2O2. The van der Waals surface area contributed by atoms with Crippen LogP contribution >= 0.6 is 15.9 Å². The summed E-state index contributed by atoms with van der Waals surface area (Å²) in [6.07, 6.45) is -4.29. The van der Waals surface area contributed by atoms with Crippen molar-refractivity contribution in [2.24, 2.45) is 0 Å². The normalized spacial score (nSPS) is 11.9. The molecule has 0 saturated heterocycles. The van der Waals surface area contributed by atoms with E-state index in [9.17, 15) is 23.3 Å². The molecule has 0 aliphatic heterocycles. The lowest BCUT2D eigenvalue weighted by Gasteiger charge is -2.22. The van der Waals surface area contributed by atoms with Crippen LogP contribution in [0.15, 0.2) is 22.7 Å². The Bertz CT molecular complexity index is 466. The minimum absolute atomic E-state index is 0.00171. The first-order chi connectivity index (χ1) is 8.74. The van der Waals surface area contributed by atoms with Crippen molar-refractivity contribution < 1.29 is 18.1 Å². The Hall–Kier alpha value is -1.15. The van der Waals surface area contributed by atoms with E-state index in [4.69, 9.17) is 0 Å². The maximum Gasteiger partial charge on any atom is 0.401 e. The highest BCUT2D eigenvalue weighted by atomic mass is 79.9. The summed E-state index contributed by atoms with van der Waals surface area (Å²) in [5.74, 6) is 0. The molecule has 106 valence electrons. The lowest BCUT2D eigenvalue weighted by atomic mass is 10.2. The minimum Gasteiger partial charge on any atom is -0.291 e. The zero-order valence-corrected chi connectivity index (χ0v) is 11.7. The molecule has 0 fully saturated rings. The maximum absolute atomic E-state index is 12.3. The molecule has 0 radical (unpaired) electrons. The molecule has 0 saturated carbocycles. The molecule has 19 heavy (non-hydrogen) atoms. The Kier molecular flexibility index (Phi) is 5.30. The molecule has 0 spiro atoms. The summed E-state index contributed by atoms with van der Waals surface area (Å²) < 4.78 is 37.2. The van der Waals surface area contributed by atoms with Crippen LogP contribution in [-0.2, 0) is 6.54 Å². The van der Waals surface area contributed by atoms with Crippen LogP contribution in [0.5, 0.6) is 0 Å². The summed E-state index contributed by atoms with van der Waals surface area (Å²) >= 11 is 3.07. The highest BCUT2D eigenvalue weighted by Crippen LogP contribution is 2.29. The molecular weight excluding hydrogens is 329 g/mol. The molecule has 1 aromatic rings. The molecule has 0 aliphatic carbocycles. The molecule has 0 amide bonds. The van der Waals surface area contributed by atoms with Crippen molar-refractivity contribution in [3.05, 3.63) is 38.3 Å². The summed E-state index contributed by atoms with van der Waals surface area (Å²) in [6.45, 7) is 0.766. The third-order valence-electron chi connectivity index (χ3n) is 2.50. The Morgan fingerprint density at radius 3 is 2.53 bits per heavy atom. The summed E-state index contributed by atoms with van der Waals surface area (Å²) in [6, 6.07) is 4.32. The van der Waals surface area contributed by atoms with Gasteiger partial charge in [-0.05, 0) is 28.0 Å². The number of nitrogens with zero attached hydrogens (tertiary/aromatic N) is 2. The van der Waals surface area contributed by atoms with E-state index in [0.29, 0.717) is 5.56 Å².